The summed E-state index contributed by atoms with van der Waals surface area (Å²) in [7, 11) is 0. The second kappa shape index (κ2) is 5.51. The Labute approximate surface area is 146 Å². The number of imidazole rings is 1. The summed E-state index contributed by atoms with van der Waals surface area (Å²) in [5, 5.41) is 9.60. The van der Waals surface area contributed by atoms with Gasteiger partial charge in [-0.05, 0) is 45.0 Å². The van der Waals surface area contributed by atoms with Crippen LogP contribution in [-0.2, 0) is 4.79 Å². The maximum atomic E-state index is 11.5. The predicted octanol–water partition coefficient (Wildman–Crippen LogP) is 3.58. The van der Waals surface area contributed by atoms with Crippen molar-refractivity contribution in [2.45, 2.75) is 26.3 Å². The van der Waals surface area contributed by atoms with Crippen LogP contribution in [0.5, 0.6) is 0 Å². The molecule has 0 aliphatic carbocycles. The molecule has 3 aromatic rings. The van der Waals surface area contributed by atoms with Crippen molar-refractivity contribution in [3.8, 4) is 11.3 Å². The van der Waals surface area contributed by atoms with Gasteiger partial charge in [-0.15, -0.1) is 0 Å². The number of carbonyl (C=O) groups excluding carboxylic acids is 1. The number of hydrogen-bond acceptors (Lipinski definition) is 4. The fourth-order valence-corrected chi connectivity index (χ4v) is 2.99. The van der Waals surface area contributed by atoms with Gasteiger partial charge in [0.25, 0.3) is 0 Å². The van der Waals surface area contributed by atoms with E-state index in [1.807, 2.05) is 42.6 Å². The highest BCUT2D eigenvalue weighted by molar-refractivity contribution is 6.01. The molecule has 1 aromatic carbocycles. The van der Waals surface area contributed by atoms with Gasteiger partial charge in [-0.1, -0.05) is 12.1 Å². The van der Waals surface area contributed by atoms with Gasteiger partial charge >= 0.3 is 0 Å². The molecule has 0 unspecified atom stereocenters. The molecular formula is C19H21N5O. The minimum Gasteiger partial charge on any atom is -0.374 e. The van der Waals surface area contributed by atoms with Crippen molar-refractivity contribution >= 4 is 28.7 Å². The van der Waals surface area contributed by atoms with Crippen LogP contribution in [0.4, 0.5) is 17.2 Å². The number of nitrogens with zero attached hydrogens (tertiary/aromatic N) is 2. The van der Waals surface area contributed by atoms with Crippen LogP contribution < -0.4 is 16.0 Å². The third-order valence-electron chi connectivity index (χ3n) is 4.03. The molecule has 25 heavy (non-hydrogen) atoms. The number of pyridine rings is 1. The molecule has 2 aromatic heterocycles. The fourth-order valence-electron chi connectivity index (χ4n) is 2.99. The van der Waals surface area contributed by atoms with E-state index in [4.69, 9.17) is 4.98 Å². The molecule has 0 saturated heterocycles. The van der Waals surface area contributed by atoms with Gasteiger partial charge in [-0.25, -0.2) is 4.98 Å². The van der Waals surface area contributed by atoms with Crippen LogP contribution in [0.2, 0.25) is 0 Å². The van der Waals surface area contributed by atoms with E-state index < -0.39 is 0 Å². The van der Waals surface area contributed by atoms with E-state index in [0.717, 1.165) is 34.1 Å². The number of fused-ring (bicyclic) bond motifs is 2. The van der Waals surface area contributed by atoms with Crippen LogP contribution >= 0.6 is 0 Å². The molecule has 6 nitrogen and oxygen atoms in total. The zero-order valence-corrected chi connectivity index (χ0v) is 14.6. The molecule has 128 valence electrons. The molecular weight excluding hydrogens is 314 g/mol. The second-order valence-electron chi connectivity index (χ2n) is 7.27. The van der Waals surface area contributed by atoms with Crippen LogP contribution in [-0.4, -0.2) is 27.4 Å². The molecule has 1 aliphatic heterocycles. The Kier molecular flexibility index (Phi) is 3.42. The number of anilines is 3. The lowest BCUT2D eigenvalue weighted by atomic mass is 10.1. The number of aromatic nitrogens is 2. The third kappa shape index (κ3) is 2.91. The SMILES string of the molecule is CC(C)(C)Nc1c(-c2ccc3c(c2)NCC(=O)N3)nc2ccccn12. The summed E-state index contributed by atoms with van der Waals surface area (Å²) in [6, 6.07) is 11.9. The molecule has 0 radical (unpaired) electrons. The number of hydrogen-bond donors (Lipinski definition) is 3. The standard InChI is InChI=1S/C19H21N5O/c1-19(2,3)23-18-17(22-15-6-4-5-9-24(15)18)12-7-8-13-14(10-12)20-11-16(25)21-13/h4-10,20,23H,11H2,1-3H3,(H,21,25). The van der Waals surface area contributed by atoms with Gasteiger partial charge in [0.2, 0.25) is 5.91 Å². The molecule has 0 saturated carbocycles. The monoisotopic (exact) mass is 335 g/mol. The van der Waals surface area contributed by atoms with E-state index in [1.165, 1.54) is 0 Å². The summed E-state index contributed by atoms with van der Waals surface area (Å²) in [6.45, 7) is 6.67. The van der Waals surface area contributed by atoms with Gasteiger partial charge in [-0.2, -0.15) is 0 Å². The molecule has 3 heterocycles. The van der Waals surface area contributed by atoms with E-state index in [9.17, 15) is 4.79 Å². The second-order valence-corrected chi connectivity index (χ2v) is 7.27. The van der Waals surface area contributed by atoms with Crippen molar-refractivity contribution in [2.24, 2.45) is 0 Å². The lowest BCUT2D eigenvalue weighted by Gasteiger charge is -2.23. The van der Waals surface area contributed by atoms with Crippen molar-refractivity contribution < 1.29 is 4.79 Å². The lowest BCUT2D eigenvalue weighted by Crippen LogP contribution is -2.27. The Hall–Kier alpha value is -3.02. The summed E-state index contributed by atoms with van der Waals surface area (Å²) < 4.78 is 2.06. The summed E-state index contributed by atoms with van der Waals surface area (Å²) in [6.07, 6.45) is 2.01. The smallest absolute Gasteiger partial charge is 0.243 e. The Balaban J connectivity index is 1.86. The largest absolute Gasteiger partial charge is 0.374 e. The third-order valence-corrected chi connectivity index (χ3v) is 4.03. The van der Waals surface area contributed by atoms with Gasteiger partial charge in [0.1, 0.15) is 17.2 Å². The average molecular weight is 335 g/mol. The molecule has 0 bridgehead atoms. The van der Waals surface area contributed by atoms with Crippen molar-refractivity contribution in [3.05, 3.63) is 42.6 Å². The summed E-state index contributed by atoms with van der Waals surface area (Å²) in [5.74, 6) is 0.936. The summed E-state index contributed by atoms with van der Waals surface area (Å²) in [4.78, 5) is 16.3. The highest BCUT2D eigenvalue weighted by atomic mass is 16.2. The number of amides is 1. The fraction of sp³-hybridized carbons (Fsp3) is 0.263. The number of nitrogens with one attached hydrogen (secondary N) is 3. The van der Waals surface area contributed by atoms with Crippen LogP contribution in [0.25, 0.3) is 16.9 Å². The Bertz CT molecular complexity index is 968. The van der Waals surface area contributed by atoms with E-state index in [2.05, 4.69) is 41.1 Å². The normalized spacial score (nSPS) is 14.0. The van der Waals surface area contributed by atoms with Gasteiger partial charge in [0.15, 0.2) is 0 Å². The molecule has 0 fully saturated rings. The first-order valence-corrected chi connectivity index (χ1v) is 8.34. The average Bonchev–Trinajstić information content (AvgIpc) is 2.91. The molecule has 0 spiro atoms. The van der Waals surface area contributed by atoms with Gasteiger partial charge in [0.05, 0.1) is 17.9 Å². The first-order valence-electron chi connectivity index (χ1n) is 8.34. The summed E-state index contributed by atoms with van der Waals surface area (Å²) >= 11 is 0. The van der Waals surface area contributed by atoms with Crippen molar-refractivity contribution in [1.29, 1.82) is 0 Å². The number of rotatable bonds is 2. The molecule has 3 N–H and O–H groups in total. The van der Waals surface area contributed by atoms with Gasteiger partial charge in [-0.3, -0.25) is 9.20 Å². The van der Waals surface area contributed by atoms with Crippen LogP contribution in [0.15, 0.2) is 42.6 Å². The van der Waals surface area contributed by atoms with E-state index in [1.54, 1.807) is 0 Å². The summed E-state index contributed by atoms with van der Waals surface area (Å²) in [5.41, 5.74) is 4.40. The number of carbonyl (C=O) groups is 1. The molecule has 4 rings (SSSR count). The maximum Gasteiger partial charge on any atom is 0.243 e. The minimum absolute atomic E-state index is 0.0249. The van der Waals surface area contributed by atoms with E-state index >= 15 is 0 Å². The Morgan fingerprint density at radius 3 is 2.80 bits per heavy atom. The molecule has 6 heteroatoms. The highest BCUT2D eigenvalue weighted by Crippen LogP contribution is 2.35. The van der Waals surface area contributed by atoms with Crippen molar-refractivity contribution in [3.63, 3.8) is 0 Å². The Morgan fingerprint density at radius 1 is 1.16 bits per heavy atom. The van der Waals surface area contributed by atoms with Gasteiger partial charge < -0.3 is 16.0 Å². The van der Waals surface area contributed by atoms with E-state index in [-0.39, 0.29) is 18.0 Å². The van der Waals surface area contributed by atoms with Crippen molar-refractivity contribution in [2.75, 3.05) is 22.5 Å². The molecule has 1 aliphatic rings. The van der Waals surface area contributed by atoms with Crippen LogP contribution in [0.3, 0.4) is 0 Å². The Morgan fingerprint density at radius 2 is 2.00 bits per heavy atom. The lowest BCUT2D eigenvalue weighted by molar-refractivity contribution is -0.114. The predicted molar refractivity (Wildman–Crippen MR) is 101 cm³/mol. The molecule has 1 amide bonds. The number of benzene rings is 1. The minimum atomic E-state index is -0.0962. The van der Waals surface area contributed by atoms with Gasteiger partial charge in [0, 0.05) is 17.3 Å². The van der Waals surface area contributed by atoms with E-state index in [0.29, 0.717) is 0 Å². The van der Waals surface area contributed by atoms with Crippen molar-refractivity contribution in [1.82, 2.24) is 9.38 Å². The van der Waals surface area contributed by atoms with Crippen LogP contribution in [0.1, 0.15) is 20.8 Å². The zero-order chi connectivity index (χ0) is 17.6. The first kappa shape index (κ1) is 15.5. The highest BCUT2D eigenvalue weighted by Gasteiger charge is 2.21. The van der Waals surface area contributed by atoms with Crippen LogP contribution in [0, 0.1) is 0 Å². The quantitative estimate of drug-likeness (QED) is 0.669. The topological polar surface area (TPSA) is 70.5 Å². The molecule has 0 atom stereocenters. The first-order chi connectivity index (χ1) is 11.9. The zero-order valence-electron chi connectivity index (χ0n) is 14.6. The maximum absolute atomic E-state index is 11.5.